The fourth-order valence-electron chi connectivity index (χ4n) is 2.55. The first-order chi connectivity index (χ1) is 13.7. The van der Waals surface area contributed by atoms with Gasteiger partial charge < -0.3 is 15.4 Å². The molecule has 0 fully saturated rings. The summed E-state index contributed by atoms with van der Waals surface area (Å²) in [5.74, 6) is 0.0500. The van der Waals surface area contributed by atoms with Crippen LogP contribution in [0.2, 0.25) is 0 Å². The number of rotatable bonds is 9. The fourth-order valence-corrected chi connectivity index (χ4v) is 3.58. The van der Waals surface area contributed by atoms with Crippen molar-refractivity contribution in [2.45, 2.75) is 25.7 Å². The van der Waals surface area contributed by atoms with Crippen LogP contribution >= 0.6 is 0 Å². The quantitative estimate of drug-likeness (QED) is 0.536. The monoisotopic (exact) mass is 419 g/mol. The third-order valence-corrected chi connectivity index (χ3v) is 5.39. The summed E-state index contributed by atoms with van der Waals surface area (Å²) >= 11 is 0. The lowest BCUT2D eigenvalue weighted by Gasteiger charge is -2.11. The zero-order valence-corrected chi connectivity index (χ0v) is 17.4. The minimum Gasteiger partial charge on any atom is -0.484 e. The van der Waals surface area contributed by atoms with Crippen molar-refractivity contribution in [1.29, 1.82) is 0 Å². The van der Waals surface area contributed by atoms with Gasteiger partial charge in [-0.2, -0.15) is 0 Å². The van der Waals surface area contributed by atoms with Crippen molar-refractivity contribution in [3.8, 4) is 5.75 Å². The molecule has 8 nitrogen and oxygen atoms in total. The molecule has 0 aliphatic rings. The minimum atomic E-state index is -3.71. The Morgan fingerprint density at radius 1 is 1.00 bits per heavy atom. The normalized spacial score (nSPS) is 11.0. The smallest absolute Gasteiger partial charge is 0.257 e. The molecule has 2 rings (SSSR count). The van der Waals surface area contributed by atoms with Gasteiger partial charge in [0.15, 0.2) is 6.61 Å². The molecule has 0 atom stereocenters. The molecule has 29 heavy (non-hydrogen) atoms. The Morgan fingerprint density at radius 3 is 2.31 bits per heavy atom. The third kappa shape index (κ3) is 7.20. The van der Waals surface area contributed by atoms with Crippen molar-refractivity contribution in [2.24, 2.45) is 0 Å². The Labute approximate surface area is 170 Å². The third-order valence-electron chi connectivity index (χ3n) is 3.91. The number of benzene rings is 2. The Kier molecular flexibility index (Phi) is 7.74. The fraction of sp³-hybridized carbons (Fsp3) is 0.300. The summed E-state index contributed by atoms with van der Waals surface area (Å²) in [5, 5.41) is 5.16. The standard InChI is InChI=1S/C20H25N3O5S/c1-14-4-9-19(15(2)12-14)28-13-20(25)21-10-11-22-29(26,27)18-7-5-17(6-8-18)23-16(3)24/h4-9,12,22H,10-11,13H2,1-3H3,(H,21,25)(H,23,24). The molecule has 0 heterocycles. The van der Waals surface area contributed by atoms with Crippen molar-refractivity contribution in [1.82, 2.24) is 10.0 Å². The number of amides is 2. The zero-order valence-electron chi connectivity index (χ0n) is 16.6. The van der Waals surface area contributed by atoms with Gasteiger partial charge in [0.05, 0.1) is 4.90 Å². The summed E-state index contributed by atoms with van der Waals surface area (Å²) in [6.07, 6.45) is 0. The van der Waals surface area contributed by atoms with Crippen LogP contribution in [0.15, 0.2) is 47.4 Å². The number of carbonyl (C=O) groups is 2. The lowest BCUT2D eigenvalue weighted by molar-refractivity contribution is -0.123. The van der Waals surface area contributed by atoms with E-state index in [0.29, 0.717) is 11.4 Å². The Hall–Kier alpha value is -2.91. The highest BCUT2D eigenvalue weighted by atomic mass is 32.2. The van der Waals surface area contributed by atoms with Crippen molar-refractivity contribution in [2.75, 3.05) is 25.0 Å². The number of nitrogens with one attached hydrogen (secondary N) is 3. The summed E-state index contributed by atoms with van der Waals surface area (Å²) in [6.45, 7) is 5.25. The maximum atomic E-state index is 12.3. The molecule has 0 saturated heterocycles. The van der Waals surface area contributed by atoms with E-state index in [1.54, 1.807) is 0 Å². The van der Waals surface area contributed by atoms with Gasteiger partial charge in [0.2, 0.25) is 15.9 Å². The van der Waals surface area contributed by atoms with Crippen LogP contribution in [0.25, 0.3) is 0 Å². The van der Waals surface area contributed by atoms with Gasteiger partial charge in [-0.1, -0.05) is 17.7 Å². The van der Waals surface area contributed by atoms with E-state index in [-0.39, 0.29) is 36.4 Å². The van der Waals surface area contributed by atoms with Crippen molar-refractivity contribution >= 4 is 27.5 Å². The molecular weight excluding hydrogens is 394 g/mol. The van der Waals surface area contributed by atoms with Crippen LogP contribution in [-0.4, -0.2) is 39.9 Å². The molecule has 156 valence electrons. The molecule has 2 aromatic rings. The van der Waals surface area contributed by atoms with Crippen LogP contribution in [0, 0.1) is 13.8 Å². The highest BCUT2D eigenvalue weighted by Gasteiger charge is 2.13. The minimum absolute atomic E-state index is 0.0328. The van der Waals surface area contributed by atoms with Gasteiger partial charge in [-0.05, 0) is 49.7 Å². The lowest BCUT2D eigenvalue weighted by Crippen LogP contribution is -2.36. The summed E-state index contributed by atoms with van der Waals surface area (Å²) in [5.41, 5.74) is 2.55. The number of hydrogen-bond acceptors (Lipinski definition) is 5. The molecule has 0 aliphatic heterocycles. The largest absolute Gasteiger partial charge is 0.484 e. The van der Waals surface area contributed by atoms with Crippen LogP contribution in [0.4, 0.5) is 5.69 Å². The molecule has 0 radical (unpaired) electrons. The predicted molar refractivity (Wildman–Crippen MR) is 110 cm³/mol. The molecule has 2 amide bonds. The van der Waals surface area contributed by atoms with Crippen molar-refractivity contribution in [3.05, 3.63) is 53.6 Å². The van der Waals surface area contributed by atoms with Gasteiger partial charge in [0, 0.05) is 25.7 Å². The van der Waals surface area contributed by atoms with E-state index in [1.807, 2.05) is 32.0 Å². The SMILES string of the molecule is CC(=O)Nc1ccc(S(=O)(=O)NCCNC(=O)COc2ccc(C)cc2C)cc1. The van der Waals surface area contributed by atoms with Crippen molar-refractivity contribution < 1.29 is 22.7 Å². The molecule has 0 aliphatic carbocycles. The Morgan fingerprint density at radius 2 is 1.69 bits per heavy atom. The number of hydrogen-bond donors (Lipinski definition) is 3. The van der Waals surface area contributed by atoms with Gasteiger partial charge in [-0.15, -0.1) is 0 Å². The van der Waals surface area contributed by atoms with Crippen LogP contribution in [0.3, 0.4) is 0 Å². The Bertz CT molecular complexity index is 972. The van der Waals surface area contributed by atoms with Crippen LogP contribution in [-0.2, 0) is 19.6 Å². The first-order valence-electron chi connectivity index (χ1n) is 9.01. The molecule has 2 aromatic carbocycles. The second-order valence-corrected chi connectivity index (χ2v) is 8.28. The second kappa shape index (κ2) is 10.0. The van der Waals surface area contributed by atoms with E-state index in [9.17, 15) is 18.0 Å². The molecule has 0 unspecified atom stereocenters. The maximum Gasteiger partial charge on any atom is 0.257 e. The van der Waals surface area contributed by atoms with Gasteiger partial charge >= 0.3 is 0 Å². The molecular formula is C20H25N3O5S. The highest BCUT2D eigenvalue weighted by molar-refractivity contribution is 7.89. The van der Waals surface area contributed by atoms with Crippen molar-refractivity contribution in [3.63, 3.8) is 0 Å². The molecule has 3 N–H and O–H groups in total. The number of sulfonamides is 1. The molecule has 0 saturated carbocycles. The van der Waals surface area contributed by atoms with E-state index in [2.05, 4.69) is 15.4 Å². The highest BCUT2D eigenvalue weighted by Crippen LogP contribution is 2.18. The summed E-state index contributed by atoms with van der Waals surface area (Å²) in [7, 11) is -3.71. The maximum absolute atomic E-state index is 12.3. The lowest BCUT2D eigenvalue weighted by atomic mass is 10.1. The first kappa shape index (κ1) is 22.4. The van der Waals surface area contributed by atoms with Gasteiger partial charge in [0.25, 0.3) is 5.91 Å². The molecule has 0 aromatic heterocycles. The molecule has 0 bridgehead atoms. The zero-order chi connectivity index (χ0) is 21.4. The predicted octanol–water partition coefficient (Wildman–Crippen LogP) is 1.74. The van der Waals surface area contributed by atoms with E-state index in [4.69, 9.17) is 4.74 Å². The summed E-state index contributed by atoms with van der Waals surface area (Å²) in [6, 6.07) is 11.5. The summed E-state index contributed by atoms with van der Waals surface area (Å²) < 4.78 is 32.4. The molecule has 0 spiro atoms. The number of aryl methyl sites for hydroxylation is 2. The average molecular weight is 420 g/mol. The van der Waals surface area contributed by atoms with Crippen LogP contribution in [0.5, 0.6) is 5.75 Å². The van der Waals surface area contributed by atoms with E-state index < -0.39 is 10.0 Å². The first-order valence-corrected chi connectivity index (χ1v) is 10.5. The van der Waals surface area contributed by atoms with Crippen LogP contribution < -0.4 is 20.1 Å². The van der Waals surface area contributed by atoms with Gasteiger partial charge in [0.1, 0.15) is 5.75 Å². The Balaban J connectivity index is 1.75. The number of ether oxygens (including phenoxy) is 1. The average Bonchev–Trinajstić information content (AvgIpc) is 2.64. The summed E-state index contributed by atoms with van der Waals surface area (Å²) in [4.78, 5) is 22.9. The second-order valence-electron chi connectivity index (χ2n) is 6.51. The molecule has 9 heteroatoms. The number of carbonyl (C=O) groups excluding carboxylic acids is 2. The van der Waals surface area contributed by atoms with E-state index >= 15 is 0 Å². The van der Waals surface area contributed by atoms with Crippen LogP contribution in [0.1, 0.15) is 18.1 Å². The van der Waals surface area contributed by atoms with Gasteiger partial charge in [-0.25, -0.2) is 13.1 Å². The van der Waals surface area contributed by atoms with E-state index in [1.165, 1.54) is 31.2 Å². The number of anilines is 1. The topological polar surface area (TPSA) is 114 Å². The van der Waals surface area contributed by atoms with E-state index in [0.717, 1.165) is 11.1 Å². The van der Waals surface area contributed by atoms with Gasteiger partial charge in [-0.3, -0.25) is 9.59 Å².